The molecule has 124 valence electrons. The Hall–Kier alpha value is -1.19. The summed E-state index contributed by atoms with van der Waals surface area (Å²) in [6, 6.07) is 0. The number of nitrogens with zero attached hydrogens (tertiary/aromatic N) is 1. The second-order valence-electron chi connectivity index (χ2n) is 5.45. The van der Waals surface area contributed by atoms with Crippen molar-refractivity contribution in [3.63, 3.8) is 0 Å². The van der Waals surface area contributed by atoms with Crippen LogP contribution in [0.25, 0.3) is 0 Å². The van der Waals surface area contributed by atoms with Gasteiger partial charge in [0, 0.05) is 6.54 Å². The summed E-state index contributed by atoms with van der Waals surface area (Å²) in [7, 11) is 0. The molecular formula is C11H16F6N2O2. The van der Waals surface area contributed by atoms with Gasteiger partial charge in [0.25, 0.3) is 6.10 Å². The Kier molecular flexibility index (Phi) is 4.71. The van der Waals surface area contributed by atoms with E-state index in [-0.39, 0.29) is 18.9 Å². The molecule has 1 rings (SSSR count). The number of nitrogens with two attached hydrogens (primary N) is 1. The number of hydrogen-bond donors (Lipinski definition) is 1. The predicted octanol–water partition coefficient (Wildman–Crippen LogP) is 3.02. The first kappa shape index (κ1) is 17.9. The molecular weight excluding hydrogens is 306 g/mol. The van der Waals surface area contributed by atoms with E-state index in [1.807, 2.05) is 6.92 Å². The highest BCUT2D eigenvalue weighted by molar-refractivity contribution is 5.69. The average Bonchev–Trinajstić information content (AvgIpc) is 2.20. The van der Waals surface area contributed by atoms with E-state index in [0.717, 1.165) is 0 Å². The topological polar surface area (TPSA) is 55.6 Å². The minimum atomic E-state index is -5.73. The van der Waals surface area contributed by atoms with Gasteiger partial charge >= 0.3 is 18.4 Å². The van der Waals surface area contributed by atoms with Crippen LogP contribution in [0.1, 0.15) is 26.7 Å². The van der Waals surface area contributed by atoms with Crippen LogP contribution in [0.4, 0.5) is 31.1 Å². The molecule has 0 saturated carbocycles. The molecule has 1 heterocycles. The molecule has 2 N–H and O–H groups in total. The molecule has 0 spiro atoms. The maximum atomic E-state index is 12.4. The Bertz CT molecular complexity index is 379. The van der Waals surface area contributed by atoms with Gasteiger partial charge in [-0.1, -0.05) is 6.92 Å². The molecule has 1 fully saturated rings. The standard InChI is InChI=1S/C11H16F6N2O2/c1-6-3-4-19(9(2,18)5-6)8(20)21-7(10(12,13)14)11(15,16)17/h6-7H,3-5,18H2,1-2H3. The Labute approximate surface area is 117 Å². The summed E-state index contributed by atoms with van der Waals surface area (Å²) in [5.74, 6) is 0.102. The molecule has 0 radical (unpaired) electrons. The third kappa shape index (κ3) is 4.39. The van der Waals surface area contributed by atoms with Crippen molar-refractivity contribution in [3.8, 4) is 0 Å². The Balaban J connectivity index is 2.88. The highest BCUT2D eigenvalue weighted by Gasteiger charge is 2.60. The van der Waals surface area contributed by atoms with Crippen molar-refractivity contribution in [1.29, 1.82) is 0 Å². The van der Waals surface area contributed by atoms with Crippen molar-refractivity contribution < 1.29 is 35.9 Å². The van der Waals surface area contributed by atoms with Gasteiger partial charge in [0.05, 0.1) is 5.66 Å². The molecule has 1 amide bonds. The van der Waals surface area contributed by atoms with E-state index < -0.39 is 30.2 Å². The van der Waals surface area contributed by atoms with Gasteiger partial charge in [-0.05, 0) is 25.7 Å². The number of halogens is 6. The van der Waals surface area contributed by atoms with Crippen LogP contribution in [-0.4, -0.2) is 41.7 Å². The first-order valence-corrected chi connectivity index (χ1v) is 6.15. The van der Waals surface area contributed by atoms with Crippen LogP contribution in [0.2, 0.25) is 0 Å². The molecule has 1 aliphatic heterocycles. The van der Waals surface area contributed by atoms with E-state index in [9.17, 15) is 31.1 Å². The van der Waals surface area contributed by atoms with Gasteiger partial charge in [0.1, 0.15) is 0 Å². The second-order valence-corrected chi connectivity index (χ2v) is 5.45. The van der Waals surface area contributed by atoms with Crippen molar-refractivity contribution in [3.05, 3.63) is 0 Å². The summed E-state index contributed by atoms with van der Waals surface area (Å²) in [5.41, 5.74) is 4.42. The van der Waals surface area contributed by atoms with E-state index in [0.29, 0.717) is 11.3 Å². The summed E-state index contributed by atoms with van der Waals surface area (Å²) in [4.78, 5) is 12.4. The molecule has 2 atom stereocenters. The Morgan fingerprint density at radius 3 is 2.14 bits per heavy atom. The Morgan fingerprint density at radius 1 is 1.29 bits per heavy atom. The highest BCUT2D eigenvalue weighted by Crippen LogP contribution is 2.37. The van der Waals surface area contributed by atoms with Crippen LogP contribution < -0.4 is 5.73 Å². The van der Waals surface area contributed by atoms with Crippen LogP contribution >= 0.6 is 0 Å². The maximum absolute atomic E-state index is 12.4. The number of ether oxygens (including phenoxy) is 1. The molecule has 4 nitrogen and oxygen atoms in total. The lowest BCUT2D eigenvalue weighted by Crippen LogP contribution is -2.61. The third-order valence-electron chi connectivity index (χ3n) is 3.26. The summed E-state index contributed by atoms with van der Waals surface area (Å²) >= 11 is 0. The van der Waals surface area contributed by atoms with Gasteiger partial charge in [-0.2, -0.15) is 26.3 Å². The van der Waals surface area contributed by atoms with Crippen molar-refractivity contribution in [2.75, 3.05) is 6.54 Å². The van der Waals surface area contributed by atoms with Gasteiger partial charge in [-0.3, -0.25) is 4.90 Å². The van der Waals surface area contributed by atoms with Gasteiger partial charge in [-0.15, -0.1) is 0 Å². The van der Waals surface area contributed by atoms with Crippen LogP contribution in [0.3, 0.4) is 0 Å². The molecule has 0 aromatic rings. The summed E-state index contributed by atoms with van der Waals surface area (Å²) in [6.07, 6.45) is -16.7. The zero-order valence-electron chi connectivity index (χ0n) is 11.4. The SMILES string of the molecule is CC1CCN(C(=O)OC(C(F)(F)F)C(F)(F)F)C(C)(N)C1. The molecule has 1 saturated heterocycles. The normalized spacial score (nSPS) is 27.9. The number of carbonyl (C=O) groups excluding carboxylic acids is 1. The third-order valence-corrected chi connectivity index (χ3v) is 3.26. The van der Waals surface area contributed by atoms with Gasteiger partial charge in [-0.25, -0.2) is 4.79 Å². The van der Waals surface area contributed by atoms with Crippen molar-refractivity contribution >= 4 is 6.09 Å². The minimum absolute atomic E-state index is 0.0601. The van der Waals surface area contributed by atoms with Crippen LogP contribution in [-0.2, 0) is 4.74 Å². The van der Waals surface area contributed by atoms with Crippen molar-refractivity contribution in [2.45, 2.75) is 50.8 Å². The molecule has 2 unspecified atom stereocenters. The fraction of sp³-hybridized carbons (Fsp3) is 0.909. The van der Waals surface area contributed by atoms with Gasteiger partial charge in [0.15, 0.2) is 0 Å². The lowest BCUT2D eigenvalue weighted by molar-refractivity contribution is -0.309. The average molecular weight is 322 g/mol. The number of carbonyl (C=O) groups is 1. The zero-order valence-corrected chi connectivity index (χ0v) is 11.4. The molecule has 1 aliphatic rings. The van der Waals surface area contributed by atoms with Crippen LogP contribution in [0.15, 0.2) is 0 Å². The lowest BCUT2D eigenvalue weighted by atomic mass is 9.89. The van der Waals surface area contributed by atoms with Crippen molar-refractivity contribution in [2.24, 2.45) is 11.7 Å². The smallest absolute Gasteiger partial charge is 0.426 e. The van der Waals surface area contributed by atoms with Crippen LogP contribution in [0, 0.1) is 5.92 Å². The highest BCUT2D eigenvalue weighted by atomic mass is 19.4. The van der Waals surface area contributed by atoms with E-state index in [1.54, 1.807) is 0 Å². The van der Waals surface area contributed by atoms with Gasteiger partial charge in [0.2, 0.25) is 0 Å². The lowest BCUT2D eigenvalue weighted by Gasteiger charge is -2.44. The number of hydrogen-bond acceptors (Lipinski definition) is 3. The first-order chi connectivity index (χ1) is 9.25. The van der Waals surface area contributed by atoms with Crippen LogP contribution in [0.5, 0.6) is 0 Å². The van der Waals surface area contributed by atoms with E-state index in [1.165, 1.54) is 6.92 Å². The zero-order chi connectivity index (χ0) is 16.6. The molecule has 0 bridgehead atoms. The first-order valence-electron chi connectivity index (χ1n) is 6.15. The largest absolute Gasteiger partial charge is 0.434 e. The predicted molar refractivity (Wildman–Crippen MR) is 60.1 cm³/mol. The molecule has 10 heteroatoms. The number of likely N-dealkylation sites (tertiary alicyclic amines) is 1. The molecule has 0 aromatic carbocycles. The monoisotopic (exact) mass is 322 g/mol. The number of piperidine rings is 1. The molecule has 0 aliphatic carbocycles. The minimum Gasteiger partial charge on any atom is -0.426 e. The maximum Gasteiger partial charge on any atom is 0.434 e. The van der Waals surface area contributed by atoms with E-state index in [2.05, 4.69) is 4.74 Å². The molecule has 0 aromatic heterocycles. The summed E-state index contributed by atoms with van der Waals surface area (Å²) in [6.45, 7) is 3.12. The van der Waals surface area contributed by atoms with Gasteiger partial charge < -0.3 is 10.5 Å². The number of amides is 1. The van der Waals surface area contributed by atoms with E-state index >= 15 is 0 Å². The fourth-order valence-electron chi connectivity index (χ4n) is 2.31. The second kappa shape index (κ2) is 5.54. The fourth-order valence-corrected chi connectivity index (χ4v) is 2.31. The summed E-state index contributed by atoms with van der Waals surface area (Å²) < 4.78 is 77.8. The van der Waals surface area contributed by atoms with E-state index in [4.69, 9.17) is 5.73 Å². The quantitative estimate of drug-likeness (QED) is 0.755. The summed E-state index contributed by atoms with van der Waals surface area (Å²) in [5, 5.41) is 0. The Morgan fingerprint density at radius 2 is 1.76 bits per heavy atom. The number of alkyl halides is 6. The molecule has 21 heavy (non-hydrogen) atoms. The van der Waals surface area contributed by atoms with Crippen molar-refractivity contribution in [1.82, 2.24) is 4.90 Å². The number of rotatable bonds is 1.